The molecule has 0 saturated heterocycles. The number of hydrogen-bond acceptors (Lipinski definition) is 5. The summed E-state index contributed by atoms with van der Waals surface area (Å²) in [5, 5.41) is 3.45. The summed E-state index contributed by atoms with van der Waals surface area (Å²) in [4.78, 5) is 35.9. The number of thioether (sulfide) groups is 1. The normalized spacial score (nSPS) is 10.9. The molecule has 2 aromatic carbocycles. The van der Waals surface area contributed by atoms with Crippen molar-refractivity contribution in [2.24, 2.45) is 0 Å². The van der Waals surface area contributed by atoms with Crippen molar-refractivity contribution in [2.75, 3.05) is 11.1 Å². The fourth-order valence-corrected chi connectivity index (χ4v) is 3.80. The Balaban J connectivity index is 1.60. The minimum atomic E-state index is -0.313. The second-order valence-corrected chi connectivity index (χ2v) is 7.30. The summed E-state index contributed by atoms with van der Waals surface area (Å²) in [6.07, 6.45) is 2.26. The fraction of sp³-hybridized carbons (Fsp3) is 0.143. The van der Waals surface area contributed by atoms with Gasteiger partial charge in [-0.1, -0.05) is 49.0 Å². The van der Waals surface area contributed by atoms with Gasteiger partial charge in [0.25, 0.3) is 5.56 Å². The Bertz CT molecular complexity index is 1220. The summed E-state index contributed by atoms with van der Waals surface area (Å²) in [6, 6.07) is 17.3. The molecule has 0 aliphatic carbocycles. The number of nitrogens with one attached hydrogen (secondary N) is 2. The zero-order valence-electron chi connectivity index (χ0n) is 15.8. The second kappa shape index (κ2) is 8.32. The van der Waals surface area contributed by atoms with Crippen molar-refractivity contribution >= 4 is 34.5 Å². The van der Waals surface area contributed by atoms with E-state index < -0.39 is 0 Å². The minimum Gasteiger partial charge on any atom is -0.325 e. The third kappa shape index (κ3) is 4.07. The van der Waals surface area contributed by atoms with Gasteiger partial charge in [0, 0.05) is 11.4 Å². The predicted octanol–water partition coefficient (Wildman–Crippen LogP) is 3.40. The standard InChI is InChI=1S/C21H19N5O2S/c1-2-14-7-6-8-15(11-14)24-17(27)12-29-21-25-18-19(22-13-23-20(18)28)26(21)16-9-4-3-5-10-16/h3-11,13H,2,12H2,1H3,(H,24,27)(H,22,23,28). The number of aromatic nitrogens is 4. The molecule has 0 saturated carbocycles. The van der Waals surface area contributed by atoms with Gasteiger partial charge >= 0.3 is 0 Å². The Kier molecular flexibility index (Phi) is 5.44. The number of para-hydroxylation sites is 1. The molecule has 0 atom stereocenters. The highest BCUT2D eigenvalue weighted by atomic mass is 32.2. The number of imidazole rings is 1. The maximum Gasteiger partial charge on any atom is 0.278 e. The number of amides is 1. The molecule has 2 aromatic heterocycles. The number of benzene rings is 2. The molecule has 2 N–H and O–H groups in total. The second-order valence-electron chi connectivity index (χ2n) is 6.36. The van der Waals surface area contributed by atoms with Crippen LogP contribution in [0.25, 0.3) is 16.9 Å². The van der Waals surface area contributed by atoms with E-state index in [1.165, 1.54) is 18.1 Å². The first-order valence-corrected chi connectivity index (χ1v) is 10.2. The first-order chi connectivity index (χ1) is 14.2. The monoisotopic (exact) mass is 405 g/mol. The van der Waals surface area contributed by atoms with Gasteiger partial charge in [-0.3, -0.25) is 14.2 Å². The molecular weight excluding hydrogens is 386 g/mol. The third-order valence-electron chi connectivity index (χ3n) is 4.39. The number of anilines is 1. The molecule has 0 aliphatic rings. The van der Waals surface area contributed by atoms with Crippen molar-refractivity contribution in [1.82, 2.24) is 19.5 Å². The smallest absolute Gasteiger partial charge is 0.278 e. The van der Waals surface area contributed by atoms with Gasteiger partial charge in [0.2, 0.25) is 5.91 Å². The molecule has 0 fully saturated rings. The van der Waals surface area contributed by atoms with Crippen molar-refractivity contribution in [1.29, 1.82) is 0 Å². The first kappa shape index (κ1) is 18.9. The zero-order valence-corrected chi connectivity index (χ0v) is 16.6. The van der Waals surface area contributed by atoms with E-state index in [9.17, 15) is 9.59 Å². The zero-order chi connectivity index (χ0) is 20.2. The highest BCUT2D eigenvalue weighted by molar-refractivity contribution is 7.99. The molecule has 4 rings (SSSR count). The van der Waals surface area contributed by atoms with Crippen LogP contribution >= 0.6 is 11.8 Å². The summed E-state index contributed by atoms with van der Waals surface area (Å²) in [7, 11) is 0. The number of carbonyl (C=O) groups excluding carboxylic acids is 1. The summed E-state index contributed by atoms with van der Waals surface area (Å²) >= 11 is 1.26. The molecule has 7 nitrogen and oxygen atoms in total. The number of hydrogen-bond donors (Lipinski definition) is 2. The Morgan fingerprint density at radius 1 is 1.17 bits per heavy atom. The molecule has 1 amide bonds. The number of aromatic amines is 1. The molecular formula is C21H19N5O2S. The van der Waals surface area contributed by atoms with Crippen LogP contribution < -0.4 is 10.9 Å². The minimum absolute atomic E-state index is 0.142. The summed E-state index contributed by atoms with van der Waals surface area (Å²) in [6.45, 7) is 2.07. The highest BCUT2D eigenvalue weighted by Crippen LogP contribution is 2.25. The topological polar surface area (TPSA) is 92.7 Å². The predicted molar refractivity (Wildman–Crippen MR) is 115 cm³/mol. The van der Waals surface area contributed by atoms with E-state index in [0.29, 0.717) is 10.8 Å². The van der Waals surface area contributed by atoms with E-state index >= 15 is 0 Å². The van der Waals surface area contributed by atoms with E-state index in [-0.39, 0.29) is 22.7 Å². The average Bonchev–Trinajstić information content (AvgIpc) is 3.13. The quantitative estimate of drug-likeness (QED) is 0.480. The van der Waals surface area contributed by atoms with Crippen LogP contribution in [0.2, 0.25) is 0 Å². The Morgan fingerprint density at radius 3 is 2.79 bits per heavy atom. The maximum absolute atomic E-state index is 12.5. The van der Waals surface area contributed by atoms with Gasteiger partial charge in [-0.25, -0.2) is 9.97 Å². The molecule has 29 heavy (non-hydrogen) atoms. The van der Waals surface area contributed by atoms with Gasteiger partial charge in [-0.15, -0.1) is 0 Å². The van der Waals surface area contributed by atoms with E-state index in [4.69, 9.17) is 0 Å². The molecule has 4 aromatic rings. The van der Waals surface area contributed by atoms with Gasteiger partial charge in [0.1, 0.15) is 0 Å². The lowest BCUT2D eigenvalue weighted by Crippen LogP contribution is -2.14. The number of H-pyrrole nitrogens is 1. The summed E-state index contributed by atoms with van der Waals surface area (Å²) < 4.78 is 1.79. The van der Waals surface area contributed by atoms with Crippen LogP contribution in [0.1, 0.15) is 12.5 Å². The highest BCUT2D eigenvalue weighted by Gasteiger charge is 2.17. The number of fused-ring (bicyclic) bond motifs is 1. The SMILES string of the molecule is CCc1cccc(NC(=O)CSc2nc3c(=O)[nH]cnc3n2-c2ccccc2)c1. The molecule has 0 radical (unpaired) electrons. The van der Waals surface area contributed by atoms with Crippen LogP contribution in [0.15, 0.2) is 70.9 Å². The van der Waals surface area contributed by atoms with Crippen LogP contribution in [-0.2, 0) is 11.2 Å². The first-order valence-electron chi connectivity index (χ1n) is 9.19. The van der Waals surface area contributed by atoms with E-state index in [1.807, 2.05) is 54.6 Å². The Labute approximate surface area is 171 Å². The Morgan fingerprint density at radius 2 is 2.00 bits per heavy atom. The number of nitrogens with zero attached hydrogens (tertiary/aromatic N) is 3. The summed E-state index contributed by atoms with van der Waals surface area (Å²) in [5.41, 5.74) is 3.14. The van der Waals surface area contributed by atoms with Crippen LogP contribution in [-0.4, -0.2) is 31.2 Å². The van der Waals surface area contributed by atoms with E-state index in [0.717, 1.165) is 23.4 Å². The molecule has 146 valence electrons. The largest absolute Gasteiger partial charge is 0.325 e. The third-order valence-corrected chi connectivity index (χ3v) is 5.32. The van der Waals surface area contributed by atoms with Gasteiger partial charge < -0.3 is 10.3 Å². The van der Waals surface area contributed by atoms with Crippen LogP contribution in [0.5, 0.6) is 0 Å². The van der Waals surface area contributed by atoms with Crippen molar-refractivity contribution in [3.05, 3.63) is 76.8 Å². The van der Waals surface area contributed by atoms with Crippen LogP contribution in [0.3, 0.4) is 0 Å². The van der Waals surface area contributed by atoms with E-state index in [1.54, 1.807) is 4.57 Å². The maximum atomic E-state index is 12.5. The van der Waals surface area contributed by atoms with Crippen molar-refractivity contribution in [3.63, 3.8) is 0 Å². The molecule has 0 aliphatic heterocycles. The van der Waals surface area contributed by atoms with Crippen LogP contribution in [0, 0.1) is 0 Å². The van der Waals surface area contributed by atoms with Gasteiger partial charge in [-0.05, 0) is 36.2 Å². The number of aryl methyl sites for hydroxylation is 1. The van der Waals surface area contributed by atoms with Gasteiger partial charge in [-0.2, -0.15) is 0 Å². The van der Waals surface area contributed by atoms with Crippen LogP contribution in [0.4, 0.5) is 5.69 Å². The average molecular weight is 405 g/mol. The lowest BCUT2D eigenvalue weighted by Gasteiger charge is -2.09. The molecule has 0 bridgehead atoms. The molecule has 2 heterocycles. The lowest BCUT2D eigenvalue weighted by atomic mass is 10.1. The van der Waals surface area contributed by atoms with Gasteiger partial charge in [0.15, 0.2) is 16.3 Å². The lowest BCUT2D eigenvalue weighted by molar-refractivity contribution is -0.113. The van der Waals surface area contributed by atoms with E-state index in [2.05, 4.69) is 27.2 Å². The number of rotatable bonds is 6. The van der Waals surface area contributed by atoms with Crippen molar-refractivity contribution in [3.8, 4) is 5.69 Å². The van der Waals surface area contributed by atoms with Crippen molar-refractivity contribution in [2.45, 2.75) is 18.5 Å². The Hall–Kier alpha value is -3.39. The number of carbonyl (C=O) groups is 1. The fourth-order valence-electron chi connectivity index (χ4n) is 2.99. The molecule has 0 spiro atoms. The molecule has 8 heteroatoms. The molecule has 0 unspecified atom stereocenters. The van der Waals surface area contributed by atoms with Gasteiger partial charge in [0.05, 0.1) is 12.1 Å². The summed E-state index contributed by atoms with van der Waals surface area (Å²) in [5.74, 6) is 0.0153. The van der Waals surface area contributed by atoms with Crippen molar-refractivity contribution < 1.29 is 4.79 Å².